The van der Waals surface area contributed by atoms with Gasteiger partial charge >= 0.3 is 6.16 Å². The topological polar surface area (TPSA) is 46.5 Å². The van der Waals surface area contributed by atoms with Crippen molar-refractivity contribution in [2.75, 3.05) is 6.61 Å². The molecule has 88 valence electrons. The fourth-order valence-electron chi connectivity index (χ4n) is 1.52. The smallest absolute Gasteiger partial charge is 0.450 e. The Balaban J connectivity index is 2.07. The third-order valence-corrected chi connectivity index (χ3v) is 2.46. The summed E-state index contributed by atoms with van der Waals surface area (Å²) in [6, 6.07) is 8.51. The SMILES string of the molecule is Cc1ccc(CCCCCOC(=O)O)cc1. The minimum absolute atomic E-state index is 0.309. The second-order valence-electron chi connectivity index (χ2n) is 3.91. The lowest BCUT2D eigenvalue weighted by Crippen LogP contribution is -2.01. The summed E-state index contributed by atoms with van der Waals surface area (Å²) in [4.78, 5) is 10.1. The van der Waals surface area contributed by atoms with Crippen LogP contribution in [0.15, 0.2) is 24.3 Å². The molecule has 0 aliphatic heterocycles. The molecule has 0 radical (unpaired) electrons. The van der Waals surface area contributed by atoms with Crippen LogP contribution in [0.4, 0.5) is 4.79 Å². The van der Waals surface area contributed by atoms with E-state index in [0.29, 0.717) is 6.61 Å². The van der Waals surface area contributed by atoms with Crippen LogP contribution < -0.4 is 0 Å². The number of hydrogen-bond acceptors (Lipinski definition) is 2. The average Bonchev–Trinajstić information content (AvgIpc) is 2.25. The molecule has 0 unspecified atom stereocenters. The number of unbranched alkanes of at least 4 members (excludes halogenated alkanes) is 2. The molecule has 0 aromatic heterocycles. The lowest BCUT2D eigenvalue weighted by atomic mass is 10.1. The summed E-state index contributed by atoms with van der Waals surface area (Å²) >= 11 is 0. The number of carbonyl (C=O) groups is 1. The molecule has 0 bridgehead atoms. The van der Waals surface area contributed by atoms with Crippen LogP contribution in [0.3, 0.4) is 0 Å². The maximum atomic E-state index is 10.1. The van der Waals surface area contributed by atoms with E-state index in [1.54, 1.807) is 0 Å². The standard InChI is InChI=1S/C13H18O3/c1-11-6-8-12(9-7-11)5-3-2-4-10-16-13(14)15/h6-9H,2-5,10H2,1H3,(H,14,15). The van der Waals surface area contributed by atoms with Gasteiger partial charge in [-0.1, -0.05) is 29.8 Å². The van der Waals surface area contributed by atoms with Crippen LogP contribution in [0.2, 0.25) is 0 Å². The van der Waals surface area contributed by atoms with Gasteiger partial charge in [0, 0.05) is 0 Å². The summed E-state index contributed by atoms with van der Waals surface area (Å²) in [6.45, 7) is 2.39. The largest absolute Gasteiger partial charge is 0.505 e. The van der Waals surface area contributed by atoms with E-state index >= 15 is 0 Å². The van der Waals surface area contributed by atoms with E-state index < -0.39 is 6.16 Å². The first-order valence-corrected chi connectivity index (χ1v) is 5.60. The zero-order valence-corrected chi connectivity index (χ0v) is 9.61. The first-order chi connectivity index (χ1) is 7.68. The second-order valence-corrected chi connectivity index (χ2v) is 3.91. The fraction of sp³-hybridized carbons (Fsp3) is 0.462. The number of hydrogen-bond donors (Lipinski definition) is 1. The van der Waals surface area contributed by atoms with Crippen molar-refractivity contribution in [3.8, 4) is 0 Å². The number of rotatable bonds is 6. The Morgan fingerprint density at radius 2 is 1.88 bits per heavy atom. The second kappa shape index (κ2) is 6.88. The molecule has 1 aromatic rings. The van der Waals surface area contributed by atoms with Crippen LogP contribution in [-0.2, 0) is 11.2 Å². The summed E-state index contributed by atoms with van der Waals surface area (Å²) < 4.78 is 4.43. The van der Waals surface area contributed by atoms with E-state index in [4.69, 9.17) is 5.11 Å². The van der Waals surface area contributed by atoms with Crippen LogP contribution in [-0.4, -0.2) is 17.9 Å². The Morgan fingerprint density at radius 1 is 1.19 bits per heavy atom. The van der Waals surface area contributed by atoms with Gasteiger partial charge in [-0.05, 0) is 38.2 Å². The van der Waals surface area contributed by atoms with Crippen molar-refractivity contribution < 1.29 is 14.6 Å². The van der Waals surface area contributed by atoms with Gasteiger partial charge in [0.1, 0.15) is 0 Å². The predicted molar refractivity (Wildman–Crippen MR) is 62.7 cm³/mol. The van der Waals surface area contributed by atoms with Gasteiger partial charge in [0.15, 0.2) is 0 Å². The number of ether oxygens (including phenoxy) is 1. The summed E-state index contributed by atoms with van der Waals surface area (Å²) in [5.41, 5.74) is 2.61. The van der Waals surface area contributed by atoms with Crippen molar-refractivity contribution in [2.24, 2.45) is 0 Å². The van der Waals surface area contributed by atoms with Crippen molar-refractivity contribution >= 4 is 6.16 Å². The first kappa shape index (κ1) is 12.6. The molecule has 16 heavy (non-hydrogen) atoms. The molecule has 0 spiro atoms. The average molecular weight is 222 g/mol. The van der Waals surface area contributed by atoms with Gasteiger partial charge in [-0.2, -0.15) is 0 Å². The van der Waals surface area contributed by atoms with E-state index in [1.165, 1.54) is 11.1 Å². The molecule has 0 saturated carbocycles. The van der Waals surface area contributed by atoms with Crippen molar-refractivity contribution in [3.63, 3.8) is 0 Å². The Morgan fingerprint density at radius 3 is 2.50 bits per heavy atom. The third-order valence-electron chi connectivity index (χ3n) is 2.46. The number of carboxylic acid groups (broad SMARTS) is 1. The quantitative estimate of drug-likeness (QED) is 0.592. The summed E-state index contributed by atoms with van der Waals surface area (Å²) in [6.07, 6.45) is 2.75. The van der Waals surface area contributed by atoms with Gasteiger partial charge in [-0.25, -0.2) is 4.79 Å². The van der Waals surface area contributed by atoms with Crippen molar-refractivity contribution in [3.05, 3.63) is 35.4 Å². The van der Waals surface area contributed by atoms with Gasteiger partial charge in [-0.3, -0.25) is 0 Å². The molecule has 1 rings (SSSR count). The predicted octanol–water partition coefficient (Wildman–Crippen LogP) is 3.40. The highest BCUT2D eigenvalue weighted by Crippen LogP contribution is 2.08. The monoisotopic (exact) mass is 222 g/mol. The van der Waals surface area contributed by atoms with Crippen molar-refractivity contribution in [1.29, 1.82) is 0 Å². The molecule has 3 heteroatoms. The van der Waals surface area contributed by atoms with Crippen LogP contribution in [0.1, 0.15) is 30.4 Å². The first-order valence-electron chi connectivity index (χ1n) is 5.60. The van der Waals surface area contributed by atoms with E-state index in [0.717, 1.165) is 25.7 Å². The highest BCUT2D eigenvalue weighted by molar-refractivity contribution is 5.56. The molecule has 0 atom stereocenters. The van der Waals surface area contributed by atoms with Crippen LogP contribution in [0, 0.1) is 6.92 Å². The lowest BCUT2D eigenvalue weighted by Gasteiger charge is -2.02. The molecule has 1 aromatic carbocycles. The van der Waals surface area contributed by atoms with Crippen LogP contribution >= 0.6 is 0 Å². The van der Waals surface area contributed by atoms with E-state index in [-0.39, 0.29) is 0 Å². The highest BCUT2D eigenvalue weighted by Gasteiger charge is 1.96. The molecule has 0 amide bonds. The van der Waals surface area contributed by atoms with Gasteiger partial charge in [-0.15, -0.1) is 0 Å². The Kier molecular flexibility index (Phi) is 5.40. The van der Waals surface area contributed by atoms with Gasteiger partial charge < -0.3 is 9.84 Å². The summed E-state index contributed by atoms with van der Waals surface area (Å²) in [5.74, 6) is 0. The summed E-state index contributed by atoms with van der Waals surface area (Å²) in [5, 5.41) is 8.25. The maximum Gasteiger partial charge on any atom is 0.505 e. The lowest BCUT2D eigenvalue weighted by molar-refractivity contribution is 0.0900. The minimum Gasteiger partial charge on any atom is -0.450 e. The van der Waals surface area contributed by atoms with Crippen LogP contribution in [0.5, 0.6) is 0 Å². The molecule has 0 aliphatic rings. The third kappa shape index (κ3) is 5.39. The molecule has 0 aliphatic carbocycles. The Labute approximate surface area is 96.1 Å². The van der Waals surface area contributed by atoms with E-state index in [1.807, 2.05) is 0 Å². The molecule has 0 saturated heterocycles. The Hall–Kier alpha value is -1.51. The molecule has 1 N–H and O–H groups in total. The van der Waals surface area contributed by atoms with Gasteiger partial charge in [0.25, 0.3) is 0 Å². The maximum absolute atomic E-state index is 10.1. The zero-order chi connectivity index (χ0) is 11.8. The number of aryl methyl sites for hydroxylation is 2. The number of benzene rings is 1. The fourth-order valence-corrected chi connectivity index (χ4v) is 1.52. The molecular formula is C13H18O3. The molecule has 0 fully saturated rings. The summed E-state index contributed by atoms with van der Waals surface area (Å²) in [7, 11) is 0. The molecule has 3 nitrogen and oxygen atoms in total. The van der Waals surface area contributed by atoms with Crippen molar-refractivity contribution in [2.45, 2.75) is 32.6 Å². The van der Waals surface area contributed by atoms with E-state index in [2.05, 4.69) is 35.9 Å². The Bertz CT molecular complexity index is 316. The normalized spacial score (nSPS) is 10.1. The minimum atomic E-state index is -1.18. The van der Waals surface area contributed by atoms with Gasteiger partial charge in [0.05, 0.1) is 6.61 Å². The van der Waals surface area contributed by atoms with Gasteiger partial charge in [0.2, 0.25) is 0 Å². The zero-order valence-electron chi connectivity index (χ0n) is 9.61. The van der Waals surface area contributed by atoms with E-state index in [9.17, 15) is 4.79 Å². The van der Waals surface area contributed by atoms with Crippen LogP contribution in [0.25, 0.3) is 0 Å². The molecular weight excluding hydrogens is 204 g/mol. The highest BCUT2D eigenvalue weighted by atomic mass is 16.7. The van der Waals surface area contributed by atoms with Crippen molar-refractivity contribution in [1.82, 2.24) is 0 Å². The molecule has 0 heterocycles.